The Morgan fingerprint density at radius 3 is 2.73 bits per heavy atom. The third-order valence-corrected chi connectivity index (χ3v) is 6.36. The number of urea groups is 1. The average Bonchev–Trinajstić information content (AvgIpc) is 3.59. The van der Waals surface area contributed by atoms with Crippen LogP contribution in [-0.2, 0) is 0 Å². The molecule has 1 saturated carbocycles. The van der Waals surface area contributed by atoms with Crippen LogP contribution in [-0.4, -0.2) is 48.4 Å². The highest BCUT2D eigenvalue weighted by Gasteiger charge is 2.29. The second kappa shape index (κ2) is 8.23. The van der Waals surface area contributed by atoms with E-state index in [0.717, 1.165) is 22.2 Å². The van der Waals surface area contributed by atoms with E-state index < -0.39 is 5.91 Å². The van der Waals surface area contributed by atoms with Gasteiger partial charge in [0.25, 0.3) is 5.91 Å². The SMILES string of the molecule is COc1ccc(N2CCNC2=O)cc1-c1ccc2c(N[C@H](C)C3CC3)c(C(N)=O)nnc2c1. The highest BCUT2D eigenvalue weighted by molar-refractivity contribution is 6.05. The van der Waals surface area contributed by atoms with E-state index in [2.05, 4.69) is 27.8 Å². The number of carbonyl (C=O) groups excluding carboxylic acids is 2. The predicted molar refractivity (Wildman–Crippen MR) is 127 cm³/mol. The number of anilines is 2. The van der Waals surface area contributed by atoms with Gasteiger partial charge in [-0.2, -0.15) is 0 Å². The van der Waals surface area contributed by atoms with Gasteiger partial charge in [-0.25, -0.2) is 4.79 Å². The molecule has 9 nitrogen and oxygen atoms in total. The second-order valence-corrected chi connectivity index (χ2v) is 8.56. The maximum absolute atomic E-state index is 12.1. The topological polar surface area (TPSA) is 122 Å². The highest BCUT2D eigenvalue weighted by atomic mass is 16.5. The summed E-state index contributed by atoms with van der Waals surface area (Å²) in [7, 11) is 1.61. The van der Waals surface area contributed by atoms with Crippen LogP contribution in [0, 0.1) is 5.92 Å². The average molecular weight is 447 g/mol. The van der Waals surface area contributed by atoms with Crippen molar-refractivity contribution in [1.29, 1.82) is 0 Å². The fourth-order valence-electron chi connectivity index (χ4n) is 4.34. The van der Waals surface area contributed by atoms with Crippen molar-refractivity contribution >= 4 is 34.2 Å². The molecule has 9 heteroatoms. The monoisotopic (exact) mass is 446 g/mol. The summed E-state index contributed by atoms with van der Waals surface area (Å²) in [4.78, 5) is 25.9. The van der Waals surface area contributed by atoms with E-state index in [-0.39, 0.29) is 17.8 Å². The van der Waals surface area contributed by atoms with Crippen LogP contribution in [0.25, 0.3) is 22.0 Å². The molecule has 2 fully saturated rings. The summed E-state index contributed by atoms with van der Waals surface area (Å²) in [5, 5.41) is 15.5. The van der Waals surface area contributed by atoms with Crippen LogP contribution >= 0.6 is 0 Å². The Bertz CT molecular complexity index is 1260. The van der Waals surface area contributed by atoms with Gasteiger partial charge in [-0.05, 0) is 61.6 Å². The Morgan fingerprint density at radius 2 is 2.06 bits per heavy atom. The number of fused-ring (bicyclic) bond motifs is 1. The number of amides is 3. The molecule has 1 saturated heterocycles. The lowest BCUT2D eigenvalue weighted by Gasteiger charge is -2.19. The van der Waals surface area contributed by atoms with E-state index in [1.165, 1.54) is 12.8 Å². The van der Waals surface area contributed by atoms with Gasteiger partial charge in [0.05, 0.1) is 18.3 Å². The molecule has 2 aromatic carbocycles. The Balaban J connectivity index is 1.59. The largest absolute Gasteiger partial charge is 0.496 e. The first-order valence-electron chi connectivity index (χ1n) is 11.1. The Labute approximate surface area is 191 Å². The number of nitrogens with one attached hydrogen (secondary N) is 2. The summed E-state index contributed by atoms with van der Waals surface area (Å²) >= 11 is 0. The van der Waals surface area contributed by atoms with Crippen LogP contribution in [0.1, 0.15) is 30.3 Å². The molecule has 0 spiro atoms. The predicted octanol–water partition coefficient (Wildman–Crippen LogP) is 3.14. The van der Waals surface area contributed by atoms with Gasteiger partial charge in [0.1, 0.15) is 5.75 Å². The molecule has 2 heterocycles. The van der Waals surface area contributed by atoms with Gasteiger partial charge in [0.2, 0.25) is 0 Å². The molecule has 1 aliphatic heterocycles. The van der Waals surface area contributed by atoms with E-state index in [1.807, 2.05) is 36.4 Å². The molecule has 2 aliphatic rings. The van der Waals surface area contributed by atoms with Crippen molar-refractivity contribution in [3.8, 4) is 16.9 Å². The van der Waals surface area contributed by atoms with Gasteiger partial charge in [-0.15, -0.1) is 10.2 Å². The molecule has 3 aromatic rings. The van der Waals surface area contributed by atoms with E-state index in [0.29, 0.717) is 36.0 Å². The summed E-state index contributed by atoms with van der Waals surface area (Å²) in [6.45, 7) is 3.33. The molecule has 0 bridgehead atoms. The Kier molecular flexibility index (Phi) is 5.24. The fourth-order valence-corrected chi connectivity index (χ4v) is 4.34. The molecule has 0 radical (unpaired) electrons. The molecule has 5 rings (SSSR count). The minimum atomic E-state index is -0.614. The Hall–Kier alpha value is -3.88. The van der Waals surface area contributed by atoms with Crippen LogP contribution < -0.4 is 26.0 Å². The van der Waals surface area contributed by atoms with Crippen molar-refractivity contribution < 1.29 is 14.3 Å². The first-order chi connectivity index (χ1) is 16.0. The Morgan fingerprint density at radius 1 is 1.24 bits per heavy atom. The van der Waals surface area contributed by atoms with Crippen LogP contribution in [0.3, 0.4) is 0 Å². The van der Waals surface area contributed by atoms with Gasteiger partial charge in [0, 0.05) is 35.8 Å². The molecule has 0 unspecified atom stereocenters. The van der Waals surface area contributed by atoms with Crippen LogP contribution in [0.4, 0.5) is 16.2 Å². The number of primary amides is 1. The second-order valence-electron chi connectivity index (χ2n) is 8.56. The van der Waals surface area contributed by atoms with E-state index in [1.54, 1.807) is 12.0 Å². The number of benzene rings is 2. The van der Waals surface area contributed by atoms with Crippen molar-refractivity contribution in [2.24, 2.45) is 11.7 Å². The minimum absolute atomic E-state index is 0.116. The zero-order chi connectivity index (χ0) is 23.1. The number of rotatable bonds is 7. The molecule has 4 N–H and O–H groups in total. The van der Waals surface area contributed by atoms with Crippen molar-refractivity contribution in [2.45, 2.75) is 25.8 Å². The summed E-state index contributed by atoms with van der Waals surface area (Å²) in [6, 6.07) is 11.5. The standard InChI is InChI=1S/C24H26N6O3/c1-13(14-3-4-14)27-21-17-7-5-15(11-19(17)28-29-22(21)23(25)31)18-12-16(6-8-20(18)33-2)30-10-9-26-24(30)32/h5-8,11-14H,3-4,9-10H2,1-2H3,(H2,25,31)(H,26,32)(H,27,28)/t13-/m1/s1. The number of hydrogen-bond acceptors (Lipinski definition) is 6. The summed E-state index contributed by atoms with van der Waals surface area (Å²) in [5.41, 5.74) is 9.46. The quantitative estimate of drug-likeness (QED) is 0.512. The number of aromatic nitrogens is 2. The number of nitrogens with zero attached hydrogens (tertiary/aromatic N) is 3. The lowest BCUT2D eigenvalue weighted by atomic mass is 10.0. The van der Waals surface area contributed by atoms with E-state index in [4.69, 9.17) is 10.5 Å². The van der Waals surface area contributed by atoms with Crippen LogP contribution in [0.5, 0.6) is 5.75 Å². The van der Waals surface area contributed by atoms with Crippen molar-refractivity contribution in [1.82, 2.24) is 15.5 Å². The third kappa shape index (κ3) is 3.90. The first-order valence-corrected chi connectivity index (χ1v) is 11.1. The molecule has 33 heavy (non-hydrogen) atoms. The van der Waals surface area contributed by atoms with Gasteiger partial charge in [-0.1, -0.05) is 6.07 Å². The maximum Gasteiger partial charge on any atom is 0.321 e. The normalized spacial score (nSPS) is 16.5. The fraction of sp³-hybridized carbons (Fsp3) is 0.333. The van der Waals surface area contributed by atoms with Crippen molar-refractivity contribution in [3.63, 3.8) is 0 Å². The molecule has 170 valence electrons. The van der Waals surface area contributed by atoms with Gasteiger partial charge < -0.3 is 21.1 Å². The molecule has 1 aromatic heterocycles. The highest BCUT2D eigenvalue weighted by Crippen LogP contribution is 2.38. The summed E-state index contributed by atoms with van der Waals surface area (Å²) in [5.74, 6) is 0.653. The number of hydrogen-bond donors (Lipinski definition) is 3. The smallest absolute Gasteiger partial charge is 0.321 e. The maximum atomic E-state index is 12.1. The third-order valence-electron chi connectivity index (χ3n) is 6.36. The molecule has 1 aliphatic carbocycles. The number of nitrogens with two attached hydrogens (primary N) is 1. The zero-order valence-corrected chi connectivity index (χ0v) is 18.6. The van der Waals surface area contributed by atoms with E-state index >= 15 is 0 Å². The number of carbonyl (C=O) groups is 2. The summed E-state index contributed by atoms with van der Waals surface area (Å²) in [6.07, 6.45) is 2.34. The molecular formula is C24H26N6O3. The van der Waals surface area contributed by atoms with Gasteiger partial charge in [0.15, 0.2) is 5.69 Å². The van der Waals surface area contributed by atoms with Gasteiger partial charge >= 0.3 is 6.03 Å². The first kappa shape index (κ1) is 21.0. The minimum Gasteiger partial charge on any atom is -0.496 e. The van der Waals surface area contributed by atoms with Crippen LogP contribution in [0.15, 0.2) is 36.4 Å². The number of ether oxygens (including phenoxy) is 1. The van der Waals surface area contributed by atoms with Crippen molar-refractivity contribution in [3.05, 3.63) is 42.1 Å². The van der Waals surface area contributed by atoms with Gasteiger partial charge in [-0.3, -0.25) is 9.69 Å². The zero-order valence-electron chi connectivity index (χ0n) is 18.6. The lowest BCUT2D eigenvalue weighted by Crippen LogP contribution is -2.27. The lowest BCUT2D eigenvalue weighted by molar-refractivity contribution is 0.0995. The van der Waals surface area contributed by atoms with E-state index in [9.17, 15) is 9.59 Å². The van der Waals surface area contributed by atoms with Crippen molar-refractivity contribution in [2.75, 3.05) is 30.4 Å². The van der Waals surface area contributed by atoms with Crippen LogP contribution in [0.2, 0.25) is 0 Å². The molecule has 1 atom stereocenters. The summed E-state index contributed by atoms with van der Waals surface area (Å²) < 4.78 is 5.59. The number of methoxy groups -OCH3 is 1. The molecule has 3 amide bonds. The molecular weight excluding hydrogens is 420 g/mol.